The molecule has 4 rings (SSSR count). The van der Waals surface area contributed by atoms with Gasteiger partial charge in [-0.3, -0.25) is 5.10 Å². The van der Waals surface area contributed by atoms with Crippen LogP contribution in [0.25, 0.3) is 23.0 Å². The van der Waals surface area contributed by atoms with Crippen LogP contribution in [0, 0.1) is 5.82 Å². The van der Waals surface area contributed by atoms with Crippen LogP contribution in [-0.4, -0.2) is 20.3 Å². The third-order valence-electron chi connectivity index (χ3n) is 3.46. The zero-order chi connectivity index (χ0) is 17.2. The Morgan fingerprint density at radius 3 is 2.32 bits per heavy atom. The summed E-state index contributed by atoms with van der Waals surface area (Å²) in [5, 5.41) is 10.5. The molecule has 4 aromatic rings. The van der Waals surface area contributed by atoms with Crippen LogP contribution in [0.4, 0.5) is 10.1 Å². The summed E-state index contributed by atoms with van der Waals surface area (Å²) >= 11 is 0. The Hall–Kier alpha value is -3.68. The van der Waals surface area contributed by atoms with Crippen molar-refractivity contribution < 1.29 is 13.7 Å². The first-order chi connectivity index (χ1) is 12.2. The van der Waals surface area contributed by atoms with E-state index in [9.17, 15) is 4.39 Å². The van der Waals surface area contributed by atoms with Crippen LogP contribution in [0.15, 0.2) is 59.3 Å². The molecule has 0 radical (unpaired) electrons. The summed E-state index contributed by atoms with van der Waals surface area (Å²) in [6.07, 6.45) is 1.54. The van der Waals surface area contributed by atoms with Crippen molar-refractivity contribution in [3.05, 3.63) is 60.5 Å². The number of nitrogen functional groups attached to an aromatic ring is 1. The molecule has 7 nitrogen and oxygen atoms in total. The van der Waals surface area contributed by atoms with E-state index in [2.05, 4.69) is 20.3 Å². The van der Waals surface area contributed by atoms with Gasteiger partial charge in [0.25, 0.3) is 5.89 Å². The molecule has 2 aromatic carbocycles. The Bertz CT molecular complexity index is 993. The van der Waals surface area contributed by atoms with Gasteiger partial charge in [0.05, 0.1) is 5.69 Å². The molecule has 8 heteroatoms. The number of H-pyrrole nitrogens is 1. The van der Waals surface area contributed by atoms with Gasteiger partial charge in [-0.2, -0.15) is 10.1 Å². The highest BCUT2D eigenvalue weighted by atomic mass is 19.1. The second-order valence-electron chi connectivity index (χ2n) is 5.19. The number of nitrogens with zero attached hydrogens (tertiary/aromatic N) is 3. The lowest BCUT2D eigenvalue weighted by atomic mass is 10.2. The van der Waals surface area contributed by atoms with E-state index < -0.39 is 0 Å². The van der Waals surface area contributed by atoms with Crippen molar-refractivity contribution in [1.82, 2.24) is 20.3 Å². The lowest BCUT2D eigenvalue weighted by Crippen LogP contribution is -1.87. The second-order valence-corrected chi connectivity index (χ2v) is 5.19. The normalized spacial score (nSPS) is 10.8. The Kier molecular flexibility index (Phi) is 3.62. The summed E-state index contributed by atoms with van der Waals surface area (Å²) < 4.78 is 23.7. The fourth-order valence-corrected chi connectivity index (χ4v) is 2.22. The fraction of sp³-hybridized carbons (Fsp3) is 0. The summed E-state index contributed by atoms with van der Waals surface area (Å²) in [4.78, 5) is 4.28. The standard InChI is InChI=1S/C17H12FN5O2/c18-11-3-7-13(8-4-11)24-12-5-1-10(2-6-12)16-21-17(25-23-16)15-14(19)9-20-22-15/h1-9H,19H2,(H,20,22). The molecular formula is C17H12FN5O2. The van der Waals surface area contributed by atoms with Gasteiger partial charge in [0.15, 0.2) is 5.69 Å². The van der Waals surface area contributed by atoms with Crippen LogP contribution in [0.2, 0.25) is 0 Å². The number of aromatic amines is 1. The highest BCUT2D eigenvalue weighted by Crippen LogP contribution is 2.27. The molecule has 3 N–H and O–H groups in total. The summed E-state index contributed by atoms with van der Waals surface area (Å²) in [5.74, 6) is 1.49. The molecular weight excluding hydrogens is 325 g/mol. The van der Waals surface area contributed by atoms with Crippen LogP contribution >= 0.6 is 0 Å². The molecule has 0 fully saturated rings. The van der Waals surface area contributed by atoms with Crippen LogP contribution < -0.4 is 10.5 Å². The van der Waals surface area contributed by atoms with E-state index in [0.717, 1.165) is 5.56 Å². The number of rotatable bonds is 4. The molecule has 0 aliphatic rings. The molecule has 0 aliphatic heterocycles. The molecule has 0 atom stereocenters. The first-order valence-corrected chi connectivity index (χ1v) is 7.36. The second kappa shape index (κ2) is 6.08. The van der Waals surface area contributed by atoms with E-state index in [0.29, 0.717) is 28.7 Å². The first kappa shape index (κ1) is 14.9. The van der Waals surface area contributed by atoms with Gasteiger partial charge in [-0.05, 0) is 48.5 Å². The maximum absolute atomic E-state index is 12.9. The number of nitrogens with two attached hydrogens (primary N) is 1. The van der Waals surface area contributed by atoms with Crippen molar-refractivity contribution in [3.8, 4) is 34.5 Å². The smallest absolute Gasteiger partial charge is 0.280 e. The van der Waals surface area contributed by atoms with Crippen LogP contribution in [0.5, 0.6) is 11.5 Å². The molecule has 2 aromatic heterocycles. The van der Waals surface area contributed by atoms with Crippen molar-refractivity contribution in [2.45, 2.75) is 0 Å². The van der Waals surface area contributed by atoms with Crippen molar-refractivity contribution >= 4 is 5.69 Å². The van der Waals surface area contributed by atoms with E-state index in [1.54, 1.807) is 42.6 Å². The van der Waals surface area contributed by atoms with Crippen LogP contribution in [-0.2, 0) is 0 Å². The summed E-state index contributed by atoms with van der Waals surface area (Å²) in [7, 11) is 0. The molecule has 0 saturated carbocycles. The van der Waals surface area contributed by atoms with Crippen LogP contribution in [0.3, 0.4) is 0 Å². The zero-order valence-corrected chi connectivity index (χ0v) is 12.8. The van der Waals surface area contributed by atoms with Crippen molar-refractivity contribution in [1.29, 1.82) is 0 Å². The highest BCUT2D eigenvalue weighted by Gasteiger charge is 2.15. The molecule has 0 unspecified atom stereocenters. The third-order valence-corrected chi connectivity index (χ3v) is 3.46. The number of hydrogen-bond acceptors (Lipinski definition) is 6. The fourth-order valence-electron chi connectivity index (χ4n) is 2.22. The van der Waals surface area contributed by atoms with Gasteiger partial charge in [0.1, 0.15) is 17.3 Å². The third kappa shape index (κ3) is 3.05. The molecule has 2 heterocycles. The minimum Gasteiger partial charge on any atom is -0.457 e. The maximum atomic E-state index is 12.9. The molecule has 0 aliphatic carbocycles. The molecule has 0 bridgehead atoms. The van der Waals surface area contributed by atoms with E-state index >= 15 is 0 Å². The lowest BCUT2D eigenvalue weighted by molar-refractivity contribution is 0.431. The monoisotopic (exact) mass is 337 g/mol. The summed E-state index contributed by atoms with van der Waals surface area (Å²) in [6, 6.07) is 12.9. The van der Waals surface area contributed by atoms with E-state index in [4.69, 9.17) is 15.0 Å². The quantitative estimate of drug-likeness (QED) is 0.589. The lowest BCUT2D eigenvalue weighted by Gasteiger charge is -2.05. The Balaban J connectivity index is 1.53. The van der Waals surface area contributed by atoms with Gasteiger partial charge in [-0.15, -0.1) is 0 Å². The van der Waals surface area contributed by atoms with Gasteiger partial charge in [0.2, 0.25) is 5.82 Å². The molecule has 0 spiro atoms. The van der Waals surface area contributed by atoms with E-state index in [1.165, 1.54) is 12.1 Å². The SMILES string of the molecule is Nc1c[nH]nc1-c1nc(-c2ccc(Oc3ccc(F)cc3)cc2)no1. The van der Waals surface area contributed by atoms with Gasteiger partial charge >= 0.3 is 0 Å². The number of anilines is 1. The Morgan fingerprint density at radius 2 is 1.68 bits per heavy atom. The number of halogens is 1. The molecule has 25 heavy (non-hydrogen) atoms. The summed E-state index contributed by atoms with van der Waals surface area (Å²) in [6.45, 7) is 0. The average Bonchev–Trinajstić information content (AvgIpc) is 3.26. The first-order valence-electron chi connectivity index (χ1n) is 7.36. The predicted molar refractivity (Wildman–Crippen MR) is 88.2 cm³/mol. The Labute approximate surface area is 141 Å². The maximum Gasteiger partial charge on any atom is 0.280 e. The number of hydrogen-bond donors (Lipinski definition) is 2. The predicted octanol–water partition coefficient (Wildman–Crippen LogP) is 3.64. The minimum atomic E-state index is -0.312. The summed E-state index contributed by atoms with van der Waals surface area (Å²) in [5.41, 5.74) is 7.35. The number of benzene rings is 2. The number of ether oxygens (including phenoxy) is 1. The van der Waals surface area contributed by atoms with Gasteiger partial charge in [0, 0.05) is 11.8 Å². The van der Waals surface area contributed by atoms with Crippen molar-refractivity contribution in [3.63, 3.8) is 0 Å². The van der Waals surface area contributed by atoms with E-state index in [-0.39, 0.29) is 11.7 Å². The van der Waals surface area contributed by atoms with Gasteiger partial charge in [-0.25, -0.2) is 4.39 Å². The number of nitrogens with one attached hydrogen (secondary N) is 1. The van der Waals surface area contributed by atoms with Gasteiger partial charge in [-0.1, -0.05) is 5.16 Å². The average molecular weight is 337 g/mol. The van der Waals surface area contributed by atoms with Crippen molar-refractivity contribution in [2.24, 2.45) is 0 Å². The Morgan fingerprint density at radius 1 is 1.00 bits per heavy atom. The minimum absolute atomic E-state index is 0.236. The molecule has 0 amide bonds. The molecule has 0 saturated heterocycles. The van der Waals surface area contributed by atoms with Crippen LogP contribution in [0.1, 0.15) is 0 Å². The molecule has 124 valence electrons. The largest absolute Gasteiger partial charge is 0.457 e. The van der Waals surface area contributed by atoms with Crippen molar-refractivity contribution in [2.75, 3.05) is 5.73 Å². The highest BCUT2D eigenvalue weighted by molar-refractivity contribution is 5.66. The topological polar surface area (TPSA) is 103 Å². The zero-order valence-electron chi connectivity index (χ0n) is 12.8. The van der Waals surface area contributed by atoms with Gasteiger partial charge < -0.3 is 15.0 Å². The van der Waals surface area contributed by atoms with E-state index in [1.807, 2.05) is 0 Å². The number of aromatic nitrogens is 4.